The highest BCUT2D eigenvalue weighted by Crippen LogP contribution is 2.35. The van der Waals surface area contributed by atoms with E-state index in [2.05, 4.69) is 9.80 Å². The third-order valence-corrected chi connectivity index (χ3v) is 8.18. The number of nitrogens with zero attached hydrogens (tertiary/aromatic N) is 5. The van der Waals surface area contributed by atoms with Crippen molar-refractivity contribution in [2.75, 3.05) is 36.0 Å². The molecule has 2 saturated heterocycles. The molecule has 2 aliphatic rings. The fraction of sp³-hybridized carbons (Fsp3) is 0.214. The van der Waals surface area contributed by atoms with Crippen molar-refractivity contribution in [2.24, 2.45) is 0 Å². The second-order valence-corrected chi connectivity index (χ2v) is 11.1. The number of aryl methyl sites for hydroxylation is 1. The first-order valence-corrected chi connectivity index (χ1v) is 13.7. The highest BCUT2D eigenvalue weighted by molar-refractivity contribution is 8.26. The van der Waals surface area contributed by atoms with Crippen molar-refractivity contribution < 1.29 is 13.6 Å². The summed E-state index contributed by atoms with van der Waals surface area (Å²) in [6.45, 7) is 4.68. The maximum Gasteiger partial charge on any atom is 0.267 e. The van der Waals surface area contributed by atoms with Crippen molar-refractivity contribution >= 4 is 57.4 Å². The summed E-state index contributed by atoms with van der Waals surface area (Å²) >= 11 is 6.65. The van der Waals surface area contributed by atoms with E-state index in [1.807, 2.05) is 19.1 Å². The van der Waals surface area contributed by atoms with Gasteiger partial charge in [-0.25, -0.2) is 9.37 Å². The van der Waals surface area contributed by atoms with E-state index < -0.39 is 0 Å². The van der Waals surface area contributed by atoms with Gasteiger partial charge in [0.1, 0.15) is 27.4 Å². The van der Waals surface area contributed by atoms with Crippen LogP contribution in [0, 0.1) is 12.7 Å². The number of halogens is 1. The Labute approximate surface area is 233 Å². The molecule has 1 amide bonds. The van der Waals surface area contributed by atoms with Crippen LogP contribution in [0.3, 0.4) is 0 Å². The Bertz CT molecular complexity index is 1660. The van der Waals surface area contributed by atoms with Crippen LogP contribution in [0.2, 0.25) is 0 Å². The van der Waals surface area contributed by atoms with Crippen LogP contribution in [0.15, 0.2) is 75.1 Å². The van der Waals surface area contributed by atoms with Crippen LogP contribution >= 0.6 is 24.0 Å². The van der Waals surface area contributed by atoms with Crippen molar-refractivity contribution in [1.82, 2.24) is 14.3 Å². The summed E-state index contributed by atoms with van der Waals surface area (Å²) in [6, 6.07) is 13.7. The predicted octanol–water partition coefficient (Wildman–Crippen LogP) is 4.46. The zero-order valence-electron chi connectivity index (χ0n) is 21.0. The number of aromatic nitrogens is 2. The maximum atomic E-state index is 13.8. The molecule has 39 heavy (non-hydrogen) atoms. The van der Waals surface area contributed by atoms with E-state index in [0.717, 1.165) is 23.0 Å². The number of anilines is 2. The third kappa shape index (κ3) is 4.95. The number of hydrogen-bond acceptors (Lipinski definition) is 8. The fourth-order valence-electron chi connectivity index (χ4n) is 4.77. The minimum Gasteiger partial charge on any atom is -0.467 e. The first-order chi connectivity index (χ1) is 18.9. The number of piperazine rings is 1. The van der Waals surface area contributed by atoms with Crippen LogP contribution in [0.1, 0.15) is 16.9 Å². The summed E-state index contributed by atoms with van der Waals surface area (Å²) in [5.41, 5.74) is 2.48. The van der Waals surface area contributed by atoms with Gasteiger partial charge in [0.15, 0.2) is 0 Å². The molecular weight excluding hydrogens is 537 g/mol. The van der Waals surface area contributed by atoms with Crippen molar-refractivity contribution in [3.8, 4) is 0 Å². The van der Waals surface area contributed by atoms with Gasteiger partial charge in [0.2, 0.25) is 0 Å². The average molecular weight is 562 g/mol. The molecule has 6 rings (SSSR count). The molecular formula is C28H24FN5O3S2. The molecule has 4 aromatic rings. The quantitative estimate of drug-likeness (QED) is 0.261. The van der Waals surface area contributed by atoms with E-state index in [1.54, 1.807) is 42.8 Å². The number of carbonyl (C=O) groups is 1. The van der Waals surface area contributed by atoms with E-state index in [1.165, 1.54) is 21.4 Å². The van der Waals surface area contributed by atoms with Crippen molar-refractivity contribution in [3.63, 3.8) is 0 Å². The minimum atomic E-state index is -0.276. The van der Waals surface area contributed by atoms with Crippen molar-refractivity contribution in [2.45, 2.75) is 13.5 Å². The molecule has 0 radical (unpaired) electrons. The van der Waals surface area contributed by atoms with Gasteiger partial charge in [0.05, 0.1) is 23.3 Å². The Kier molecular flexibility index (Phi) is 6.69. The highest BCUT2D eigenvalue weighted by atomic mass is 32.2. The van der Waals surface area contributed by atoms with E-state index >= 15 is 0 Å². The van der Waals surface area contributed by atoms with Gasteiger partial charge >= 0.3 is 0 Å². The normalized spacial score (nSPS) is 17.2. The number of amides is 1. The largest absolute Gasteiger partial charge is 0.467 e. The van der Waals surface area contributed by atoms with Gasteiger partial charge in [0, 0.05) is 38.1 Å². The molecule has 0 aliphatic carbocycles. The van der Waals surface area contributed by atoms with Crippen LogP contribution in [0.25, 0.3) is 11.7 Å². The zero-order chi connectivity index (χ0) is 27.1. The number of furan rings is 1. The lowest BCUT2D eigenvalue weighted by Crippen LogP contribution is -2.47. The molecule has 8 nitrogen and oxygen atoms in total. The smallest absolute Gasteiger partial charge is 0.267 e. The van der Waals surface area contributed by atoms with Gasteiger partial charge in [-0.3, -0.25) is 18.9 Å². The molecule has 0 N–H and O–H groups in total. The lowest BCUT2D eigenvalue weighted by Gasteiger charge is -2.37. The van der Waals surface area contributed by atoms with Gasteiger partial charge < -0.3 is 14.2 Å². The summed E-state index contributed by atoms with van der Waals surface area (Å²) in [7, 11) is 0. The number of thioether (sulfide) groups is 1. The van der Waals surface area contributed by atoms with Gasteiger partial charge in [-0.1, -0.05) is 30.0 Å². The van der Waals surface area contributed by atoms with E-state index in [-0.39, 0.29) is 23.8 Å². The molecule has 2 aliphatic heterocycles. The standard InChI is InChI=1S/C28H24FN5O3S2/c1-18-4-9-24-30-25(32-12-10-31(11-13-32)20-7-5-19(29)6-8-20)22(26(35)33(24)16-18)15-23-27(36)34(28(38)39-23)17-21-3-2-14-37-21/h2-9,14-16H,10-13,17H2,1H3/b23-15+. The molecule has 5 heterocycles. The number of hydrogen-bond donors (Lipinski definition) is 0. The summed E-state index contributed by atoms with van der Waals surface area (Å²) in [6.07, 6.45) is 4.92. The van der Waals surface area contributed by atoms with Crippen LogP contribution < -0.4 is 15.4 Å². The Morgan fingerprint density at radius 3 is 2.51 bits per heavy atom. The average Bonchev–Trinajstić information content (AvgIpc) is 3.55. The Hall–Kier alpha value is -3.96. The maximum absolute atomic E-state index is 13.8. The molecule has 0 saturated carbocycles. The summed E-state index contributed by atoms with van der Waals surface area (Å²) < 4.78 is 20.7. The Morgan fingerprint density at radius 1 is 1.05 bits per heavy atom. The first kappa shape index (κ1) is 25.3. The molecule has 0 unspecified atom stereocenters. The van der Waals surface area contributed by atoms with Crippen LogP contribution in [0.4, 0.5) is 15.9 Å². The van der Waals surface area contributed by atoms with Gasteiger partial charge in [0.25, 0.3) is 11.5 Å². The first-order valence-electron chi connectivity index (χ1n) is 12.4. The lowest BCUT2D eigenvalue weighted by atomic mass is 10.2. The molecule has 0 spiro atoms. The van der Waals surface area contributed by atoms with E-state index in [9.17, 15) is 14.0 Å². The van der Waals surface area contributed by atoms with Gasteiger partial charge in [-0.05, 0) is 61.0 Å². The molecule has 0 bridgehead atoms. The molecule has 3 aromatic heterocycles. The third-order valence-electron chi connectivity index (χ3n) is 6.80. The monoisotopic (exact) mass is 561 g/mol. The van der Waals surface area contributed by atoms with Crippen LogP contribution in [0.5, 0.6) is 0 Å². The molecule has 0 atom stereocenters. The highest BCUT2D eigenvalue weighted by Gasteiger charge is 2.34. The molecule has 198 valence electrons. The van der Waals surface area contributed by atoms with E-state index in [4.69, 9.17) is 21.6 Å². The second kappa shape index (κ2) is 10.3. The lowest BCUT2D eigenvalue weighted by molar-refractivity contribution is -0.122. The molecule has 11 heteroatoms. The predicted molar refractivity (Wildman–Crippen MR) is 154 cm³/mol. The summed E-state index contributed by atoms with van der Waals surface area (Å²) in [5.74, 6) is 0.601. The van der Waals surface area contributed by atoms with Crippen molar-refractivity contribution in [1.29, 1.82) is 0 Å². The summed E-state index contributed by atoms with van der Waals surface area (Å²) in [5, 5.41) is 0. The number of thiocarbonyl (C=S) groups is 1. The zero-order valence-corrected chi connectivity index (χ0v) is 22.7. The minimum absolute atomic E-state index is 0.224. The Balaban J connectivity index is 1.35. The van der Waals surface area contributed by atoms with Crippen molar-refractivity contribution in [3.05, 3.63) is 99.0 Å². The number of carbonyl (C=O) groups excluding carboxylic acids is 1. The molecule has 2 fully saturated rings. The van der Waals surface area contributed by atoms with Gasteiger partial charge in [-0.15, -0.1) is 0 Å². The summed E-state index contributed by atoms with van der Waals surface area (Å²) in [4.78, 5) is 38.1. The number of rotatable bonds is 5. The second-order valence-electron chi connectivity index (χ2n) is 9.39. The van der Waals surface area contributed by atoms with Crippen LogP contribution in [-0.4, -0.2) is 50.7 Å². The van der Waals surface area contributed by atoms with E-state index in [0.29, 0.717) is 58.2 Å². The number of pyridine rings is 1. The SMILES string of the molecule is Cc1ccc2nc(N3CCN(c4ccc(F)cc4)CC3)c(/C=C3/SC(=S)N(Cc4ccco4)C3=O)c(=O)n2c1. The molecule has 1 aromatic carbocycles. The topological polar surface area (TPSA) is 74.3 Å². The number of fused-ring (bicyclic) bond motifs is 1. The Morgan fingerprint density at radius 2 is 1.79 bits per heavy atom. The van der Waals surface area contributed by atoms with Crippen LogP contribution in [-0.2, 0) is 11.3 Å². The fourth-order valence-corrected chi connectivity index (χ4v) is 6.01. The number of benzene rings is 1. The van der Waals surface area contributed by atoms with Gasteiger partial charge in [-0.2, -0.15) is 0 Å².